The standard InChI is InChI=1S/C10H17IN4O/c1-10(13-2,9(12)16)4-3-5-15-7-8(11)6-14-15/h6-7,13H,3-5H2,1-2H3,(H2,12,16). The van der Waals surface area contributed by atoms with Crippen molar-refractivity contribution >= 4 is 28.5 Å². The Bertz CT molecular complexity index is 365. The Balaban J connectivity index is 2.43. The van der Waals surface area contributed by atoms with Crippen LogP contribution in [0.4, 0.5) is 0 Å². The van der Waals surface area contributed by atoms with Crippen molar-refractivity contribution in [3.8, 4) is 0 Å². The highest BCUT2D eigenvalue weighted by Gasteiger charge is 2.27. The monoisotopic (exact) mass is 336 g/mol. The summed E-state index contributed by atoms with van der Waals surface area (Å²) in [7, 11) is 1.75. The molecule has 3 N–H and O–H groups in total. The van der Waals surface area contributed by atoms with Gasteiger partial charge in [0.25, 0.3) is 0 Å². The van der Waals surface area contributed by atoms with Gasteiger partial charge in [-0.05, 0) is 49.4 Å². The molecule has 0 bridgehead atoms. The lowest BCUT2D eigenvalue weighted by Gasteiger charge is -2.25. The molecule has 1 unspecified atom stereocenters. The minimum Gasteiger partial charge on any atom is -0.368 e. The van der Waals surface area contributed by atoms with Crippen LogP contribution in [-0.2, 0) is 11.3 Å². The van der Waals surface area contributed by atoms with Crippen molar-refractivity contribution in [2.75, 3.05) is 7.05 Å². The highest BCUT2D eigenvalue weighted by molar-refractivity contribution is 14.1. The SMILES string of the molecule is CNC(C)(CCCn1cc(I)cn1)C(N)=O. The molecule has 90 valence electrons. The predicted molar refractivity (Wildman–Crippen MR) is 70.8 cm³/mol. The van der Waals surface area contributed by atoms with Crippen LogP contribution in [0.3, 0.4) is 0 Å². The Kier molecular flexibility index (Phi) is 4.72. The highest BCUT2D eigenvalue weighted by Crippen LogP contribution is 2.12. The van der Waals surface area contributed by atoms with Crippen LogP contribution in [0, 0.1) is 3.57 Å². The van der Waals surface area contributed by atoms with Crippen LogP contribution in [-0.4, -0.2) is 28.3 Å². The van der Waals surface area contributed by atoms with E-state index in [1.165, 1.54) is 0 Å². The maximum atomic E-state index is 11.2. The second kappa shape index (κ2) is 5.62. The van der Waals surface area contributed by atoms with E-state index in [2.05, 4.69) is 33.0 Å². The van der Waals surface area contributed by atoms with Crippen LogP contribution < -0.4 is 11.1 Å². The molecule has 0 fully saturated rings. The Morgan fingerprint density at radius 3 is 2.88 bits per heavy atom. The van der Waals surface area contributed by atoms with Gasteiger partial charge in [0.15, 0.2) is 0 Å². The fraction of sp³-hybridized carbons (Fsp3) is 0.600. The molecule has 1 aromatic rings. The van der Waals surface area contributed by atoms with Crippen molar-refractivity contribution in [1.82, 2.24) is 15.1 Å². The van der Waals surface area contributed by atoms with Crippen molar-refractivity contribution in [1.29, 1.82) is 0 Å². The fourth-order valence-corrected chi connectivity index (χ4v) is 1.87. The lowest BCUT2D eigenvalue weighted by atomic mass is 9.95. The summed E-state index contributed by atoms with van der Waals surface area (Å²) in [5.41, 5.74) is 4.72. The molecular weight excluding hydrogens is 319 g/mol. The maximum absolute atomic E-state index is 11.2. The van der Waals surface area contributed by atoms with Gasteiger partial charge in [-0.15, -0.1) is 0 Å². The first-order valence-corrected chi connectivity index (χ1v) is 6.22. The summed E-state index contributed by atoms with van der Waals surface area (Å²) in [5.74, 6) is -0.315. The van der Waals surface area contributed by atoms with Gasteiger partial charge >= 0.3 is 0 Å². The average molecular weight is 336 g/mol. The first-order valence-electron chi connectivity index (χ1n) is 5.15. The Morgan fingerprint density at radius 2 is 2.44 bits per heavy atom. The number of aryl methyl sites for hydroxylation is 1. The van der Waals surface area contributed by atoms with Gasteiger partial charge < -0.3 is 11.1 Å². The molecular formula is C10H17IN4O. The summed E-state index contributed by atoms with van der Waals surface area (Å²) in [4.78, 5) is 11.2. The predicted octanol–water partition coefficient (Wildman–Crippen LogP) is 0.731. The largest absolute Gasteiger partial charge is 0.368 e. The maximum Gasteiger partial charge on any atom is 0.237 e. The number of primary amides is 1. The summed E-state index contributed by atoms with van der Waals surface area (Å²) >= 11 is 2.22. The topological polar surface area (TPSA) is 72.9 Å². The van der Waals surface area contributed by atoms with E-state index < -0.39 is 5.54 Å². The number of carbonyl (C=O) groups is 1. The van der Waals surface area contributed by atoms with Crippen molar-refractivity contribution < 1.29 is 4.79 Å². The van der Waals surface area contributed by atoms with Gasteiger partial charge in [-0.3, -0.25) is 9.48 Å². The molecule has 0 aliphatic heterocycles. The molecule has 0 saturated heterocycles. The van der Waals surface area contributed by atoms with Gasteiger partial charge in [0, 0.05) is 12.7 Å². The van der Waals surface area contributed by atoms with E-state index in [9.17, 15) is 4.79 Å². The van der Waals surface area contributed by atoms with Crippen LogP contribution in [0.1, 0.15) is 19.8 Å². The summed E-state index contributed by atoms with van der Waals surface area (Å²) in [5, 5.41) is 7.14. The number of likely N-dealkylation sites (N-methyl/N-ethyl adjacent to an activating group) is 1. The normalized spacial score (nSPS) is 14.7. The molecule has 1 atom stereocenters. The zero-order valence-electron chi connectivity index (χ0n) is 9.53. The third kappa shape index (κ3) is 3.44. The summed E-state index contributed by atoms with van der Waals surface area (Å²) in [6.07, 6.45) is 5.35. The smallest absolute Gasteiger partial charge is 0.237 e. The van der Waals surface area contributed by atoms with Crippen LogP contribution in [0.25, 0.3) is 0 Å². The van der Waals surface area contributed by atoms with Gasteiger partial charge in [-0.1, -0.05) is 0 Å². The molecule has 0 radical (unpaired) electrons. The number of carbonyl (C=O) groups excluding carboxylic acids is 1. The summed E-state index contributed by atoms with van der Waals surface area (Å²) < 4.78 is 2.99. The molecule has 1 amide bonds. The van der Waals surface area contributed by atoms with Gasteiger partial charge in [0.2, 0.25) is 5.91 Å². The number of hydrogen-bond acceptors (Lipinski definition) is 3. The van der Waals surface area contributed by atoms with Crippen LogP contribution in [0.2, 0.25) is 0 Å². The third-order valence-corrected chi connectivity index (χ3v) is 3.32. The molecule has 16 heavy (non-hydrogen) atoms. The van der Waals surface area contributed by atoms with Crippen molar-refractivity contribution in [3.05, 3.63) is 16.0 Å². The van der Waals surface area contributed by atoms with Gasteiger partial charge in [-0.25, -0.2) is 0 Å². The number of rotatable bonds is 6. The number of aromatic nitrogens is 2. The minimum absolute atomic E-state index is 0.315. The third-order valence-electron chi connectivity index (χ3n) is 2.76. The van der Waals surface area contributed by atoms with Crippen molar-refractivity contribution in [3.63, 3.8) is 0 Å². The molecule has 0 saturated carbocycles. The lowest BCUT2D eigenvalue weighted by Crippen LogP contribution is -2.51. The zero-order valence-corrected chi connectivity index (χ0v) is 11.7. The molecule has 0 aromatic carbocycles. The molecule has 1 rings (SSSR count). The van der Waals surface area contributed by atoms with E-state index in [1.807, 2.05) is 24.0 Å². The number of nitrogens with zero attached hydrogens (tertiary/aromatic N) is 2. The van der Waals surface area contributed by atoms with E-state index in [-0.39, 0.29) is 5.91 Å². The van der Waals surface area contributed by atoms with E-state index >= 15 is 0 Å². The Hall–Kier alpha value is -0.630. The quantitative estimate of drug-likeness (QED) is 0.753. The molecule has 1 aromatic heterocycles. The molecule has 1 heterocycles. The Labute approximate surface area is 109 Å². The second-order valence-electron chi connectivity index (χ2n) is 3.97. The highest BCUT2D eigenvalue weighted by atomic mass is 127. The minimum atomic E-state index is -0.625. The number of hydrogen-bond donors (Lipinski definition) is 2. The Morgan fingerprint density at radius 1 is 1.75 bits per heavy atom. The summed E-state index contributed by atoms with van der Waals surface area (Å²) in [6.45, 7) is 2.62. The fourth-order valence-electron chi connectivity index (χ4n) is 1.43. The van der Waals surface area contributed by atoms with E-state index in [1.54, 1.807) is 7.05 Å². The first-order chi connectivity index (χ1) is 7.48. The molecule has 6 heteroatoms. The lowest BCUT2D eigenvalue weighted by molar-refractivity contribution is -0.123. The number of nitrogens with two attached hydrogens (primary N) is 1. The number of nitrogens with one attached hydrogen (secondary N) is 1. The van der Waals surface area contributed by atoms with Crippen LogP contribution >= 0.6 is 22.6 Å². The second-order valence-corrected chi connectivity index (χ2v) is 5.22. The summed E-state index contributed by atoms with van der Waals surface area (Å²) in [6, 6.07) is 0. The molecule has 0 aliphatic carbocycles. The van der Waals surface area contributed by atoms with E-state index in [0.717, 1.165) is 16.5 Å². The first kappa shape index (κ1) is 13.4. The van der Waals surface area contributed by atoms with Crippen LogP contribution in [0.15, 0.2) is 12.4 Å². The van der Waals surface area contributed by atoms with Crippen molar-refractivity contribution in [2.45, 2.75) is 31.8 Å². The van der Waals surface area contributed by atoms with E-state index in [0.29, 0.717) is 6.42 Å². The van der Waals surface area contributed by atoms with Crippen LogP contribution in [0.5, 0.6) is 0 Å². The van der Waals surface area contributed by atoms with E-state index in [4.69, 9.17) is 5.73 Å². The van der Waals surface area contributed by atoms with Crippen molar-refractivity contribution in [2.24, 2.45) is 5.73 Å². The van der Waals surface area contributed by atoms with Gasteiger partial charge in [-0.2, -0.15) is 5.10 Å². The molecule has 0 spiro atoms. The molecule has 0 aliphatic rings. The van der Waals surface area contributed by atoms with Gasteiger partial charge in [0.05, 0.1) is 15.3 Å². The van der Waals surface area contributed by atoms with Gasteiger partial charge in [0.1, 0.15) is 0 Å². The zero-order chi connectivity index (χ0) is 12.2. The number of halogens is 1. The average Bonchev–Trinajstić information content (AvgIpc) is 2.63. The number of amides is 1. The molecule has 5 nitrogen and oxygen atoms in total.